The van der Waals surface area contributed by atoms with Gasteiger partial charge in [0.15, 0.2) is 0 Å². The van der Waals surface area contributed by atoms with Crippen LogP contribution >= 0.6 is 11.3 Å². The Morgan fingerprint density at radius 2 is 2.04 bits per heavy atom. The number of alkyl halides is 3. The molecule has 0 bridgehead atoms. The molecule has 0 radical (unpaired) electrons. The second-order valence-corrected chi connectivity index (χ2v) is 7.87. The number of hydrogen-bond acceptors (Lipinski definition) is 4. The Morgan fingerprint density at radius 1 is 1.30 bits per heavy atom. The molecule has 3 heterocycles. The summed E-state index contributed by atoms with van der Waals surface area (Å²) < 4.78 is 40.2. The Balaban J connectivity index is 2.07. The van der Waals surface area contributed by atoms with Crippen molar-refractivity contribution in [2.75, 3.05) is 13.1 Å². The maximum absolute atomic E-state index is 12.9. The van der Waals surface area contributed by atoms with Gasteiger partial charge in [-0.15, -0.1) is 11.3 Å². The molecular formula is C18H22F3N3O2S. The first-order valence-electron chi connectivity index (χ1n) is 9.11. The molecule has 1 aliphatic heterocycles. The van der Waals surface area contributed by atoms with Gasteiger partial charge in [0.2, 0.25) is 0 Å². The van der Waals surface area contributed by atoms with E-state index in [9.17, 15) is 22.8 Å². The Hall–Kier alpha value is -1.90. The minimum Gasteiger partial charge on any atom is -0.329 e. The zero-order valence-electron chi connectivity index (χ0n) is 15.4. The molecule has 0 unspecified atom stereocenters. The molecule has 0 saturated heterocycles. The van der Waals surface area contributed by atoms with Gasteiger partial charge in [0.25, 0.3) is 11.5 Å². The average molecular weight is 401 g/mol. The van der Waals surface area contributed by atoms with Crippen molar-refractivity contribution in [3.63, 3.8) is 0 Å². The van der Waals surface area contributed by atoms with Crippen LogP contribution in [-0.4, -0.2) is 39.6 Å². The number of amides is 1. The van der Waals surface area contributed by atoms with Crippen molar-refractivity contribution in [1.29, 1.82) is 0 Å². The molecule has 0 aromatic carbocycles. The maximum atomic E-state index is 12.9. The number of carbonyl (C=O) groups is 1. The van der Waals surface area contributed by atoms with Crippen molar-refractivity contribution in [1.82, 2.24) is 14.5 Å². The first-order valence-corrected chi connectivity index (χ1v) is 9.93. The zero-order chi connectivity index (χ0) is 19.8. The summed E-state index contributed by atoms with van der Waals surface area (Å²) >= 11 is 1.02. The lowest BCUT2D eigenvalue weighted by Crippen LogP contribution is -2.39. The van der Waals surface area contributed by atoms with E-state index in [-0.39, 0.29) is 17.0 Å². The molecule has 0 N–H and O–H groups in total. The summed E-state index contributed by atoms with van der Waals surface area (Å²) in [6.45, 7) is 2.65. The largest absolute Gasteiger partial charge is 0.406 e. The minimum atomic E-state index is -4.47. The van der Waals surface area contributed by atoms with Crippen LogP contribution in [0.4, 0.5) is 13.2 Å². The predicted octanol–water partition coefficient (Wildman–Crippen LogP) is 3.91. The van der Waals surface area contributed by atoms with Crippen molar-refractivity contribution in [2.24, 2.45) is 0 Å². The van der Waals surface area contributed by atoms with E-state index in [1.165, 1.54) is 0 Å². The average Bonchev–Trinajstić information content (AvgIpc) is 2.76. The van der Waals surface area contributed by atoms with Crippen LogP contribution in [0.2, 0.25) is 0 Å². The van der Waals surface area contributed by atoms with Gasteiger partial charge in [-0.3, -0.25) is 14.2 Å². The third-order valence-corrected chi connectivity index (χ3v) is 5.93. The summed E-state index contributed by atoms with van der Waals surface area (Å²) in [5.41, 5.74) is 0.239. The molecule has 3 rings (SSSR count). The van der Waals surface area contributed by atoms with E-state index in [4.69, 9.17) is 0 Å². The molecule has 148 valence electrons. The normalized spacial score (nSPS) is 14.9. The monoisotopic (exact) mass is 401 g/mol. The maximum Gasteiger partial charge on any atom is 0.406 e. The highest BCUT2D eigenvalue weighted by Gasteiger charge is 2.34. The molecule has 2 aromatic rings. The van der Waals surface area contributed by atoms with E-state index in [1.54, 1.807) is 18.4 Å². The van der Waals surface area contributed by atoms with Crippen LogP contribution in [0.15, 0.2) is 4.79 Å². The van der Waals surface area contributed by atoms with Gasteiger partial charge in [0.1, 0.15) is 17.2 Å². The minimum absolute atomic E-state index is 0.00887. The molecule has 27 heavy (non-hydrogen) atoms. The van der Waals surface area contributed by atoms with Crippen LogP contribution in [0.1, 0.15) is 53.7 Å². The van der Waals surface area contributed by atoms with Gasteiger partial charge in [0.05, 0.1) is 10.3 Å². The molecule has 0 saturated carbocycles. The number of hydrogen-bond donors (Lipinski definition) is 0. The van der Waals surface area contributed by atoms with Gasteiger partial charge < -0.3 is 4.90 Å². The number of carbonyl (C=O) groups excluding carboxylic acids is 1. The molecule has 2 aromatic heterocycles. The van der Waals surface area contributed by atoms with E-state index < -0.39 is 18.6 Å². The van der Waals surface area contributed by atoms with Crippen molar-refractivity contribution >= 4 is 27.5 Å². The first kappa shape index (κ1) is 19.9. The molecule has 0 fully saturated rings. The van der Waals surface area contributed by atoms with Crippen molar-refractivity contribution < 1.29 is 18.0 Å². The highest BCUT2D eigenvalue weighted by molar-refractivity contribution is 7.20. The second kappa shape index (κ2) is 7.61. The fourth-order valence-electron chi connectivity index (χ4n) is 3.50. The Bertz CT molecular complexity index is 917. The third-order valence-electron chi connectivity index (χ3n) is 4.76. The Morgan fingerprint density at radius 3 is 2.70 bits per heavy atom. The lowest BCUT2D eigenvalue weighted by Gasteiger charge is -2.23. The lowest BCUT2D eigenvalue weighted by atomic mass is 10.2. The van der Waals surface area contributed by atoms with E-state index in [2.05, 4.69) is 4.98 Å². The summed E-state index contributed by atoms with van der Waals surface area (Å²) in [4.78, 5) is 31.7. The molecule has 0 spiro atoms. The number of aryl methyl sites for hydroxylation is 2. The van der Waals surface area contributed by atoms with E-state index in [1.807, 2.05) is 0 Å². The third kappa shape index (κ3) is 4.02. The van der Waals surface area contributed by atoms with Crippen LogP contribution in [-0.2, 0) is 13.0 Å². The van der Waals surface area contributed by atoms with Crippen LogP contribution in [0.5, 0.6) is 0 Å². The fraction of sp³-hybridized carbons (Fsp3) is 0.611. The molecule has 9 heteroatoms. The number of aromatic nitrogens is 2. The van der Waals surface area contributed by atoms with Crippen molar-refractivity contribution in [3.05, 3.63) is 26.6 Å². The molecule has 1 amide bonds. The predicted molar refractivity (Wildman–Crippen MR) is 98.4 cm³/mol. The highest BCUT2D eigenvalue weighted by atomic mass is 32.1. The number of halogens is 3. The zero-order valence-corrected chi connectivity index (χ0v) is 16.2. The summed E-state index contributed by atoms with van der Waals surface area (Å²) in [7, 11) is 0. The van der Waals surface area contributed by atoms with Gasteiger partial charge in [-0.1, -0.05) is 13.3 Å². The van der Waals surface area contributed by atoms with Crippen LogP contribution in [0.3, 0.4) is 0 Å². The topological polar surface area (TPSA) is 55.2 Å². The lowest BCUT2D eigenvalue weighted by molar-refractivity contribution is -0.140. The van der Waals surface area contributed by atoms with E-state index in [0.717, 1.165) is 35.5 Å². The number of nitrogens with zero attached hydrogens (tertiary/aromatic N) is 3. The first-order chi connectivity index (χ1) is 12.7. The second-order valence-electron chi connectivity index (χ2n) is 6.87. The Kier molecular flexibility index (Phi) is 5.60. The van der Waals surface area contributed by atoms with Gasteiger partial charge >= 0.3 is 6.18 Å². The quantitative estimate of drug-likeness (QED) is 0.781. The smallest absolute Gasteiger partial charge is 0.329 e. The molecular weight excluding hydrogens is 379 g/mol. The Labute approximate surface area is 158 Å². The van der Waals surface area contributed by atoms with E-state index in [0.29, 0.717) is 41.0 Å². The van der Waals surface area contributed by atoms with E-state index >= 15 is 0 Å². The summed E-state index contributed by atoms with van der Waals surface area (Å²) in [6, 6.07) is 0. The van der Waals surface area contributed by atoms with Gasteiger partial charge in [-0.25, -0.2) is 4.98 Å². The molecule has 1 aliphatic rings. The van der Waals surface area contributed by atoms with Gasteiger partial charge in [-0.2, -0.15) is 13.2 Å². The number of fused-ring (bicyclic) bond motifs is 2. The number of thiophene rings is 1. The molecule has 0 aliphatic carbocycles. The summed E-state index contributed by atoms with van der Waals surface area (Å²) in [6.07, 6.45) is -0.482. The van der Waals surface area contributed by atoms with Crippen molar-refractivity contribution in [2.45, 2.75) is 58.7 Å². The van der Waals surface area contributed by atoms with Crippen molar-refractivity contribution in [3.8, 4) is 0 Å². The van der Waals surface area contributed by atoms with Crippen LogP contribution in [0.25, 0.3) is 10.2 Å². The number of rotatable bonds is 4. The SMILES string of the molecule is CCCN(CC(F)(F)F)C(=O)c1sc2nc3n(c(=O)c2c1C)CCCCC3. The highest BCUT2D eigenvalue weighted by Crippen LogP contribution is 2.30. The molecule has 0 atom stereocenters. The standard InChI is InChI=1S/C18H22F3N3O2S/c1-3-8-23(10-18(19,20)21)17(26)14-11(2)13-15(27-14)22-12-7-5-4-6-9-24(12)16(13)25/h3-10H2,1-2H3. The van der Waals surface area contributed by atoms with Gasteiger partial charge in [0, 0.05) is 19.5 Å². The van der Waals surface area contributed by atoms with Gasteiger partial charge in [-0.05, 0) is 31.7 Å². The molecule has 5 nitrogen and oxygen atoms in total. The summed E-state index contributed by atoms with van der Waals surface area (Å²) in [5.74, 6) is 0.0141. The summed E-state index contributed by atoms with van der Waals surface area (Å²) in [5, 5.41) is 0.359. The van der Waals surface area contributed by atoms with Crippen LogP contribution in [0, 0.1) is 6.92 Å². The van der Waals surface area contributed by atoms with Crippen LogP contribution < -0.4 is 5.56 Å². The fourth-order valence-corrected chi connectivity index (χ4v) is 4.65.